The number of ether oxygens (including phenoxy) is 2. The zero-order valence-corrected chi connectivity index (χ0v) is 22.1. The standard InChI is InChI=1S/C19H36Br2N2O5S/c1-6-26-18(2,3)9-8-17(24)23-14-19(4,5)28-29-27-13-16(21)15(20)12-25-11-7-10-22/h6-14,22H2,1-5H3,(H,23,24)/b16-15+. The van der Waals surface area contributed by atoms with E-state index in [0.717, 1.165) is 27.7 Å². The van der Waals surface area contributed by atoms with Gasteiger partial charge in [0.15, 0.2) is 12.3 Å². The first-order valence-electron chi connectivity index (χ1n) is 9.72. The van der Waals surface area contributed by atoms with Crippen molar-refractivity contribution in [1.29, 1.82) is 0 Å². The lowest BCUT2D eigenvalue weighted by atomic mass is 10.0. The summed E-state index contributed by atoms with van der Waals surface area (Å²) in [4.78, 5) is 12.1. The van der Waals surface area contributed by atoms with Gasteiger partial charge in [-0.05, 0) is 54.0 Å². The van der Waals surface area contributed by atoms with Crippen molar-refractivity contribution < 1.29 is 22.6 Å². The van der Waals surface area contributed by atoms with E-state index in [2.05, 4.69) is 37.2 Å². The number of nitrogens with one attached hydrogen (secondary N) is 1. The van der Waals surface area contributed by atoms with E-state index in [4.69, 9.17) is 23.6 Å². The Kier molecular flexibility index (Phi) is 16.2. The number of carbonyl (C=O) groups excluding carboxylic acids is 1. The lowest BCUT2D eigenvalue weighted by Gasteiger charge is -2.26. The molecular weight excluding hydrogens is 528 g/mol. The summed E-state index contributed by atoms with van der Waals surface area (Å²) in [5.41, 5.74) is 4.55. The Morgan fingerprint density at radius 2 is 1.76 bits per heavy atom. The third-order valence-electron chi connectivity index (χ3n) is 3.71. The molecule has 0 aromatic heterocycles. The molecule has 29 heavy (non-hydrogen) atoms. The third-order valence-corrected chi connectivity index (χ3v) is 6.39. The minimum atomic E-state index is -0.575. The maximum Gasteiger partial charge on any atom is 0.220 e. The van der Waals surface area contributed by atoms with Gasteiger partial charge in [-0.2, -0.15) is 0 Å². The number of amides is 1. The average molecular weight is 564 g/mol. The SMILES string of the molecule is CCOC(C)(C)CCC(=O)NCC(C)(C)OSOC/C(Br)=C(\Br)COCCCN. The van der Waals surface area contributed by atoms with Gasteiger partial charge < -0.3 is 20.5 Å². The Morgan fingerprint density at radius 1 is 1.10 bits per heavy atom. The van der Waals surface area contributed by atoms with Crippen LogP contribution in [0.5, 0.6) is 0 Å². The number of nitrogens with two attached hydrogens (primary N) is 1. The van der Waals surface area contributed by atoms with Gasteiger partial charge in [0, 0.05) is 35.1 Å². The topological polar surface area (TPSA) is 92.0 Å². The van der Waals surface area contributed by atoms with Crippen molar-refractivity contribution in [1.82, 2.24) is 5.32 Å². The van der Waals surface area contributed by atoms with Gasteiger partial charge in [-0.1, -0.05) is 31.9 Å². The Labute approximate surface area is 196 Å². The first-order valence-corrected chi connectivity index (χ1v) is 12.0. The average Bonchev–Trinajstić information content (AvgIpc) is 2.65. The van der Waals surface area contributed by atoms with Crippen molar-refractivity contribution in [3.8, 4) is 0 Å². The van der Waals surface area contributed by atoms with Gasteiger partial charge in [-0.25, -0.2) is 0 Å². The van der Waals surface area contributed by atoms with E-state index >= 15 is 0 Å². The molecule has 0 aromatic carbocycles. The minimum absolute atomic E-state index is 0.0235. The summed E-state index contributed by atoms with van der Waals surface area (Å²) in [7, 11) is 0. The van der Waals surface area contributed by atoms with Crippen LogP contribution in [0.25, 0.3) is 0 Å². The van der Waals surface area contributed by atoms with Crippen molar-refractivity contribution in [2.45, 2.75) is 65.1 Å². The summed E-state index contributed by atoms with van der Waals surface area (Å²) in [5.74, 6) is -0.0235. The van der Waals surface area contributed by atoms with Crippen LogP contribution in [0.2, 0.25) is 0 Å². The first-order chi connectivity index (χ1) is 13.5. The smallest absolute Gasteiger partial charge is 0.220 e. The molecule has 0 aliphatic rings. The lowest BCUT2D eigenvalue weighted by Crippen LogP contribution is -2.40. The van der Waals surface area contributed by atoms with Crippen molar-refractivity contribution in [3.05, 3.63) is 8.96 Å². The zero-order valence-electron chi connectivity index (χ0n) is 18.1. The van der Waals surface area contributed by atoms with Gasteiger partial charge in [0.1, 0.15) is 0 Å². The molecule has 172 valence electrons. The van der Waals surface area contributed by atoms with E-state index in [-0.39, 0.29) is 11.5 Å². The molecule has 0 aliphatic heterocycles. The van der Waals surface area contributed by atoms with Gasteiger partial charge in [0.25, 0.3) is 0 Å². The number of halogens is 2. The van der Waals surface area contributed by atoms with Crippen LogP contribution < -0.4 is 11.1 Å². The number of carbonyl (C=O) groups is 1. The van der Waals surface area contributed by atoms with Crippen LogP contribution in [-0.2, 0) is 22.6 Å². The van der Waals surface area contributed by atoms with Crippen LogP contribution in [0.3, 0.4) is 0 Å². The molecule has 0 atom stereocenters. The Hall–Kier alpha value is 0.320. The van der Waals surface area contributed by atoms with Crippen LogP contribution in [0.1, 0.15) is 53.9 Å². The van der Waals surface area contributed by atoms with Crippen molar-refractivity contribution >= 4 is 50.1 Å². The highest BCUT2D eigenvalue weighted by molar-refractivity contribution is 9.14. The zero-order chi connectivity index (χ0) is 22.3. The fourth-order valence-electron chi connectivity index (χ4n) is 2.00. The molecule has 0 unspecified atom stereocenters. The normalized spacial score (nSPS) is 13.4. The lowest BCUT2D eigenvalue weighted by molar-refractivity contribution is -0.123. The molecule has 0 saturated carbocycles. The fraction of sp³-hybridized carbons (Fsp3) is 0.842. The quantitative estimate of drug-likeness (QED) is 0.200. The van der Waals surface area contributed by atoms with E-state index in [1.807, 2.05) is 34.6 Å². The molecule has 0 bridgehead atoms. The second kappa shape index (κ2) is 16.0. The van der Waals surface area contributed by atoms with Crippen molar-refractivity contribution in [3.63, 3.8) is 0 Å². The Bertz CT molecular complexity index is 505. The number of rotatable bonds is 17. The molecule has 0 radical (unpaired) electrons. The maximum absolute atomic E-state index is 12.1. The van der Waals surface area contributed by atoms with Crippen molar-refractivity contribution in [2.75, 3.05) is 39.5 Å². The molecule has 0 aromatic rings. The second-order valence-electron chi connectivity index (χ2n) is 7.65. The minimum Gasteiger partial charge on any atom is -0.376 e. The predicted octanol–water partition coefficient (Wildman–Crippen LogP) is 4.44. The predicted molar refractivity (Wildman–Crippen MR) is 126 cm³/mol. The molecule has 0 saturated heterocycles. The maximum atomic E-state index is 12.1. The van der Waals surface area contributed by atoms with E-state index in [1.165, 1.54) is 0 Å². The van der Waals surface area contributed by atoms with Gasteiger partial charge in [0.2, 0.25) is 5.91 Å². The van der Waals surface area contributed by atoms with Crippen LogP contribution in [0.15, 0.2) is 8.96 Å². The highest BCUT2D eigenvalue weighted by atomic mass is 79.9. The molecule has 1 amide bonds. The molecule has 0 spiro atoms. The molecule has 0 heterocycles. The highest BCUT2D eigenvalue weighted by Crippen LogP contribution is 2.24. The summed E-state index contributed by atoms with van der Waals surface area (Å²) < 4.78 is 23.9. The summed E-state index contributed by atoms with van der Waals surface area (Å²) in [6, 6.07) is 0. The van der Waals surface area contributed by atoms with Crippen LogP contribution >= 0.6 is 44.2 Å². The fourth-order valence-corrected chi connectivity index (χ4v) is 3.12. The first kappa shape index (κ1) is 29.3. The summed E-state index contributed by atoms with van der Waals surface area (Å²) in [6.07, 6.45) is 1.90. The second-order valence-corrected chi connectivity index (χ2v) is 10.1. The molecule has 0 aliphatic carbocycles. The summed E-state index contributed by atoms with van der Waals surface area (Å²) in [5, 5.41) is 2.90. The molecule has 0 fully saturated rings. The highest BCUT2D eigenvalue weighted by Gasteiger charge is 2.23. The molecule has 3 N–H and O–H groups in total. The van der Waals surface area contributed by atoms with Gasteiger partial charge in [-0.3, -0.25) is 13.2 Å². The number of hydrogen-bond donors (Lipinski definition) is 2. The largest absolute Gasteiger partial charge is 0.376 e. The summed E-state index contributed by atoms with van der Waals surface area (Å²) in [6.45, 7) is 12.7. The van der Waals surface area contributed by atoms with Gasteiger partial charge in [-0.15, -0.1) is 0 Å². The van der Waals surface area contributed by atoms with Crippen molar-refractivity contribution in [2.24, 2.45) is 5.73 Å². The molecule has 10 heteroatoms. The van der Waals surface area contributed by atoms with E-state index < -0.39 is 5.60 Å². The van der Waals surface area contributed by atoms with E-state index in [1.54, 1.807) is 0 Å². The monoisotopic (exact) mass is 562 g/mol. The molecule has 0 rings (SSSR count). The Morgan fingerprint density at radius 3 is 2.38 bits per heavy atom. The van der Waals surface area contributed by atoms with E-state index in [0.29, 0.717) is 52.4 Å². The van der Waals surface area contributed by atoms with Crippen LogP contribution in [-0.4, -0.2) is 56.6 Å². The van der Waals surface area contributed by atoms with Gasteiger partial charge in [0.05, 0.1) is 24.4 Å². The van der Waals surface area contributed by atoms with Gasteiger partial charge >= 0.3 is 0 Å². The van der Waals surface area contributed by atoms with Crippen LogP contribution in [0, 0.1) is 0 Å². The van der Waals surface area contributed by atoms with E-state index in [9.17, 15) is 4.79 Å². The third kappa shape index (κ3) is 16.7. The van der Waals surface area contributed by atoms with Crippen LogP contribution in [0.4, 0.5) is 0 Å². The molecule has 7 nitrogen and oxygen atoms in total. The molecular formula is C19H36Br2N2O5S. The number of hydrogen-bond acceptors (Lipinski definition) is 7. The Balaban J connectivity index is 4.06. The summed E-state index contributed by atoms with van der Waals surface area (Å²) >= 11 is 7.81.